The van der Waals surface area contributed by atoms with Gasteiger partial charge in [-0.2, -0.15) is 4.98 Å². The molecule has 0 bridgehead atoms. The van der Waals surface area contributed by atoms with E-state index < -0.39 is 5.03 Å². The van der Waals surface area contributed by atoms with Crippen molar-refractivity contribution in [2.45, 2.75) is 32.2 Å². The van der Waals surface area contributed by atoms with Gasteiger partial charge in [0.2, 0.25) is 23.4 Å². The zero-order chi connectivity index (χ0) is 26.2. The van der Waals surface area contributed by atoms with Crippen LogP contribution in [0.4, 0.5) is 17.6 Å². The Labute approximate surface area is 218 Å². The first kappa shape index (κ1) is 24.0. The summed E-state index contributed by atoms with van der Waals surface area (Å²) in [5, 5.41) is 21.4. The standard InChI is InChI=1S/C26H28N8O4/c1-16(17-7-8-17)27-25(35)19-13-20-22(14-19)28-26(30-24(20)32-9-11-38-12-10-32)29-23-15-21(31-33(23)34(36)37)18-5-3-2-4-6-18/h2-6,14-17H,7-13H2,1H3,(H,27,35)(H,28,29,30). The number of fused-ring (bicyclic) bond motifs is 1. The number of nitrogens with one attached hydrogen (secondary N) is 2. The molecule has 1 aliphatic heterocycles. The molecule has 3 aliphatic rings. The van der Waals surface area contributed by atoms with Gasteiger partial charge in [-0.05, 0) is 31.8 Å². The lowest BCUT2D eigenvalue weighted by molar-refractivity contribution is -0.550. The summed E-state index contributed by atoms with van der Waals surface area (Å²) in [5.41, 5.74) is 3.33. The highest BCUT2D eigenvalue weighted by Crippen LogP contribution is 2.35. The molecule has 6 rings (SSSR count). The minimum absolute atomic E-state index is 0.0937. The van der Waals surface area contributed by atoms with Gasteiger partial charge in [0.25, 0.3) is 0 Å². The molecule has 2 aliphatic carbocycles. The van der Waals surface area contributed by atoms with Crippen LogP contribution in [0.1, 0.15) is 31.0 Å². The van der Waals surface area contributed by atoms with Gasteiger partial charge in [-0.25, -0.2) is 4.98 Å². The van der Waals surface area contributed by atoms with Gasteiger partial charge in [-0.1, -0.05) is 30.3 Å². The molecular weight excluding hydrogens is 488 g/mol. The molecule has 2 aromatic heterocycles. The SMILES string of the molecule is CC(NC(=O)C1=Cc2nc(Nc3cc(-c4ccccc4)nn3[N+](=O)[O-])nc(N3CCOCC3)c2C1)C1CC1. The number of amides is 1. The van der Waals surface area contributed by atoms with Gasteiger partial charge in [-0.3, -0.25) is 4.79 Å². The van der Waals surface area contributed by atoms with E-state index in [1.807, 2.05) is 37.3 Å². The van der Waals surface area contributed by atoms with Crippen molar-refractivity contribution in [3.05, 3.63) is 63.3 Å². The maximum atomic E-state index is 13.0. The maximum Gasteiger partial charge on any atom is 0.247 e. The summed E-state index contributed by atoms with van der Waals surface area (Å²) in [5.74, 6) is 1.47. The largest absolute Gasteiger partial charge is 0.378 e. The number of ether oxygens (including phenoxy) is 1. The van der Waals surface area contributed by atoms with Crippen LogP contribution in [0.3, 0.4) is 0 Å². The van der Waals surface area contributed by atoms with Crippen LogP contribution >= 0.6 is 0 Å². The Morgan fingerprint density at radius 2 is 1.95 bits per heavy atom. The number of carbonyl (C=O) groups excluding carboxylic acids is 1. The number of morpholine rings is 1. The van der Waals surface area contributed by atoms with E-state index >= 15 is 0 Å². The van der Waals surface area contributed by atoms with E-state index in [4.69, 9.17) is 9.72 Å². The second-order valence-corrected chi connectivity index (χ2v) is 9.81. The van der Waals surface area contributed by atoms with E-state index in [1.165, 1.54) is 0 Å². The van der Waals surface area contributed by atoms with Crippen molar-refractivity contribution in [1.29, 1.82) is 0 Å². The van der Waals surface area contributed by atoms with Gasteiger partial charge < -0.3 is 30.4 Å². The van der Waals surface area contributed by atoms with Crippen LogP contribution < -0.4 is 15.5 Å². The van der Waals surface area contributed by atoms with E-state index in [0.29, 0.717) is 66.2 Å². The molecule has 12 nitrogen and oxygen atoms in total. The molecule has 1 aromatic carbocycles. The number of nitro groups is 1. The fourth-order valence-corrected chi connectivity index (χ4v) is 4.88. The van der Waals surface area contributed by atoms with Crippen LogP contribution in [-0.4, -0.2) is 63.1 Å². The Morgan fingerprint density at radius 3 is 2.66 bits per heavy atom. The number of nitrogens with zero attached hydrogens (tertiary/aromatic N) is 6. The summed E-state index contributed by atoms with van der Waals surface area (Å²) >= 11 is 0. The molecule has 196 valence electrons. The number of hydrogen-bond donors (Lipinski definition) is 2. The van der Waals surface area contributed by atoms with Crippen molar-refractivity contribution >= 4 is 29.6 Å². The summed E-state index contributed by atoms with van der Waals surface area (Å²) in [4.78, 5) is 37.0. The number of anilines is 3. The Balaban J connectivity index is 1.33. The number of carbonyl (C=O) groups is 1. The van der Waals surface area contributed by atoms with Crippen LogP contribution in [0.25, 0.3) is 17.3 Å². The van der Waals surface area contributed by atoms with Crippen molar-refractivity contribution in [1.82, 2.24) is 25.2 Å². The predicted octanol–water partition coefficient (Wildman–Crippen LogP) is 2.81. The zero-order valence-electron chi connectivity index (χ0n) is 21.0. The molecule has 1 unspecified atom stereocenters. The smallest absolute Gasteiger partial charge is 0.247 e. The molecule has 0 radical (unpaired) electrons. The molecule has 1 saturated heterocycles. The third-order valence-electron chi connectivity index (χ3n) is 7.14. The third-order valence-corrected chi connectivity index (χ3v) is 7.14. The molecule has 12 heteroatoms. The first-order valence-corrected chi connectivity index (χ1v) is 12.8. The molecule has 3 aromatic rings. The van der Waals surface area contributed by atoms with E-state index in [2.05, 4.69) is 25.6 Å². The first-order chi connectivity index (χ1) is 18.5. The van der Waals surface area contributed by atoms with Crippen LogP contribution in [0, 0.1) is 16.0 Å². The molecule has 2 N–H and O–H groups in total. The summed E-state index contributed by atoms with van der Waals surface area (Å²) in [7, 11) is 0. The van der Waals surface area contributed by atoms with Crippen LogP contribution in [0.15, 0.2) is 42.0 Å². The monoisotopic (exact) mass is 516 g/mol. The minimum atomic E-state index is -0.603. The van der Waals surface area contributed by atoms with Gasteiger partial charge in [0.05, 0.1) is 29.0 Å². The average Bonchev–Trinajstić information content (AvgIpc) is 3.56. The first-order valence-electron chi connectivity index (χ1n) is 12.8. The Morgan fingerprint density at radius 1 is 1.18 bits per heavy atom. The molecule has 38 heavy (non-hydrogen) atoms. The lowest BCUT2D eigenvalue weighted by atomic mass is 10.1. The van der Waals surface area contributed by atoms with E-state index in [9.17, 15) is 14.9 Å². The normalized spacial score (nSPS) is 17.5. The predicted molar refractivity (Wildman–Crippen MR) is 140 cm³/mol. The molecule has 1 saturated carbocycles. The quantitative estimate of drug-likeness (QED) is 0.342. The van der Waals surface area contributed by atoms with Gasteiger partial charge in [-0.15, -0.1) is 0 Å². The van der Waals surface area contributed by atoms with E-state index in [-0.39, 0.29) is 23.7 Å². The molecule has 2 fully saturated rings. The number of rotatable bonds is 8. The van der Waals surface area contributed by atoms with Crippen molar-refractivity contribution in [3.8, 4) is 11.3 Å². The summed E-state index contributed by atoms with van der Waals surface area (Å²) in [6.45, 7) is 4.47. The Bertz CT molecular complexity index is 1410. The van der Waals surface area contributed by atoms with E-state index in [0.717, 1.165) is 24.0 Å². The minimum Gasteiger partial charge on any atom is -0.378 e. The highest BCUT2D eigenvalue weighted by Gasteiger charge is 2.32. The van der Waals surface area contributed by atoms with Gasteiger partial charge in [0.15, 0.2) is 0 Å². The second kappa shape index (κ2) is 9.86. The van der Waals surface area contributed by atoms with Crippen LogP contribution in [-0.2, 0) is 16.0 Å². The molecule has 0 spiro atoms. The van der Waals surface area contributed by atoms with E-state index in [1.54, 1.807) is 12.1 Å². The molecular formula is C26H28N8O4. The van der Waals surface area contributed by atoms with Gasteiger partial charge in [0, 0.05) is 53.1 Å². The average molecular weight is 517 g/mol. The number of aromatic nitrogens is 4. The van der Waals surface area contributed by atoms with Crippen LogP contribution in [0.5, 0.6) is 0 Å². The van der Waals surface area contributed by atoms with Crippen molar-refractivity contribution in [2.24, 2.45) is 5.92 Å². The van der Waals surface area contributed by atoms with Crippen molar-refractivity contribution in [3.63, 3.8) is 0 Å². The summed E-state index contributed by atoms with van der Waals surface area (Å²) < 4.78 is 5.52. The Kier molecular flexibility index (Phi) is 6.24. The second-order valence-electron chi connectivity index (χ2n) is 9.81. The summed E-state index contributed by atoms with van der Waals surface area (Å²) in [6.07, 6.45) is 4.52. The topological polar surface area (TPSA) is 140 Å². The lowest BCUT2D eigenvalue weighted by Gasteiger charge is -2.29. The van der Waals surface area contributed by atoms with Gasteiger partial charge >= 0.3 is 0 Å². The zero-order valence-corrected chi connectivity index (χ0v) is 21.0. The summed E-state index contributed by atoms with van der Waals surface area (Å²) in [6, 6.07) is 11.0. The fraction of sp³-hybridized carbons (Fsp3) is 0.385. The number of hydrogen-bond acceptors (Lipinski definition) is 9. The molecule has 3 heterocycles. The van der Waals surface area contributed by atoms with Crippen LogP contribution in [0.2, 0.25) is 0 Å². The van der Waals surface area contributed by atoms with Gasteiger partial charge in [0.1, 0.15) is 5.82 Å². The number of benzene rings is 1. The van der Waals surface area contributed by atoms with Crippen molar-refractivity contribution < 1.29 is 14.6 Å². The van der Waals surface area contributed by atoms with Crippen molar-refractivity contribution in [2.75, 3.05) is 36.5 Å². The fourth-order valence-electron chi connectivity index (χ4n) is 4.88. The highest BCUT2D eigenvalue weighted by atomic mass is 16.7. The maximum absolute atomic E-state index is 13.0. The Hall–Kier alpha value is -4.32. The molecule has 1 atom stereocenters. The highest BCUT2D eigenvalue weighted by molar-refractivity contribution is 6.00. The third kappa shape index (κ3) is 4.82. The molecule has 1 amide bonds. The lowest BCUT2D eigenvalue weighted by Crippen LogP contribution is -2.38.